The van der Waals surface area contributed by atoms with Crippen LogP contribution in [0.1, 0.15) is 53.5 Å². The summed E-state index contributed by atoms with van der Waals surface area (Å²) in [4.78, 5) is 69.1. The number of nitrogen functional groups attached to an aromatic ring is 3. The molecule has 4 aromatic rings. The largest absolute Gasteiger partial charge is 0.480 e. The fraction of sp³-hybridized carbons (Fsp3) is 0.367. The van der Waals surface area contributed by atoms with Gasteiger partial charge in [-0.05, 0) is 42.5 Å². The number of aliphatic hydroxyl groups excluding tert-OH is 1. The van der Waals surface area contributed by atoms with Gasteiger partial charge in [0, 0.05) is 18.2 Å². The lowest BCUT2D eigenvalue weighted by atomic mass is 9.95. The number of nitrogens with zero attached hydrogens (tertiary/aromatic N) is 6. The Labute approximate surface area is 280 Å². The minimum atomic E-state index is -3.96. The number of carboxylic acids is 1. The summed E-state index contributed by atoms with van der Waals surface area (Å²) in [5.41, 5.74) is 17.9. The van der Waals surface area contributed by atoms with E-state index in [9.17, 15) is 38.2 Å². The number of alkyl halides is 2. The lowest BCUT2D eigenvalue weighted by Gasteiger charge is -2.20. The number of carbonyl (C=O) groups is 3. The molecule has 9 N–H and O–H groups in total. The Balaban J connectivity index is 1.12. The zero-order valence-electron chi connectivity index (χ0n) is 26.3. The highest BCUT2D eigenvalue weighted by molar-refractivity contribution is 5.96. The first-order valence-electron chi connectivity index (χ1n) is 15.0. The number of nitrogens with two attached hydrogens (primary N) is 3. The maximum atomic E-state index is 14.7. The Bertz CT molecular complexity index is 1980. The highest BCUT2D eigenvalue weighted by Gasteiger charge is 2.60. The Hall–Kier alpha value is -5.89. The second kappa shape index (κ2) is 14.3. The predicted octanol–water partition coefficient (Wildman–Crippen LogP) is 0.170. The maximum absolute atomic E-state index is 14.7. The molecule has 1 amide bonds. The number of ether oxygens (including phenoxy) is 2. The van der Waals surface area contributed by atoms with E-state index in [1.54, 1.807) is 18.3 Å². The summed E-state index contributed by atoms with van der Waals surface area (Å²) in [6.45, 7) is 1.11. The molecule has 0 radical (unpaired) electrons. The SMILES string of the molecule is CC(Cc1cnc2nc(N)nc(N)c2n1)c1ccc(C(=O)NC(CCC(=O)OC[C@H]2O[C@@H](n3ccc(N)nc3=O)C(F)(F)C2O)C(=O)O)cc1. The summed E-state index contributed by atoms with van der Waals surface area (Å²) in [7, 11) is 0. The average Bonchev–Trinajstić information content (AvgIpc) is 3.29. The second-order valence-corrected chi connectivity index (χ2v) is 11.5. The van der Waals surface area contributed by atoms with Gasteiger partial charge in [-0.3, -0.25) is 14.2 Å². The number of anilines is 3. The van der Waals surface area contributed by atoms with Crippen molar-refractivity contribution in [2.45, 2.75) is 62.5 Å². The van der Waals surface area contributed by atoms with Crippen molar-refractivity contribution < 1.29 is 42.9 Å². The summed E-state index contributed by atoms with van der Waals surface area (Å²) in [5, 5.41) is 22.1. The average molecular weight is 699 g/mol. The molecule has 3 unspecified atom stereocenters. The van der Waals surface area contributed by atoms with E-state index in [4.69, 9.17) is 26.7 Å². The number of rotatable bonds is 12. The molecule has 1 fully saturated rings. The Kier molecular flexibility index (Phi) is 10.1. The molecule has 0 spiro atoms. The molecule has 1 saturated heterocycles. The number of carboxylic acid groups (broad SMARTS) is 1. The highest BCUT2D eigenvalue weighted by Crippen LogP contribution is 2.42. The zero-order chi connectivity index (χ0) is 36.3. The van der Waals surface area contributed by atoms with Gasteiger partial charge in [0.25, 0.3) is 5.91 Å². The molecule has 0 bridgehead atoms. The van der Waals surface area contributed by atoms with Crippen LogP contribution in [0.25, 0.3) is 11.2 Å². The number of nitrogens with one attached hydrogen (secondary N) is 1. The van der Waals surface area contributed by atoms with Gasteiger partial charge in [0.1, 0.15) is 24.6 Å². The highest BCUT2D eigenvalue weighted by atomic mass is 19.3. The Morgan fingerprint density at radius 1 is 1.10 bits per heavy atom. The molecular weight excluding hydrogens is 666 g/mol. The number of halogens is 2. The van der Waals surface area contributed by atoms with Gasteiger partial charge in [0.15, 0.2) is 23.1 Å². The van der Waals surface area contributed by atoms with Gasteiger partial charge >= 0.3 is 23.6 Å². The van der Waals surface area contributed by atoms with Gasteiger partial charge in [0.05, 0.1) is 11.9 Å². The molecule has 50 heavy (non-hydrogen) atoms. The van der Waals surface area contributed by atoms with Gasteiger partial charge in [-0.1, -0.05) is 19.1 Å². The van der Waals surface area contributed by atoms with Crippen molar-refractivity contribution in [3.05, 3.63) is 70.0 Å². The molecule has 3 aromatic heterocycles. The summed E-state index contributed by atoms with van der Waals surface area (Å²) in [6, 6.07) is 6.02. The molecule has 0 aliphatic carbocycles. The van der Waals surface area contributed by atoms with Crippen LogP contribution in [0.4, 0.5) is 26.4 Å². The van der Waals surface area contributed by atoms with Crippen LogP contribution in [0, 0.1) is 0 Å². The minimum Gasteiger partial charge on any atom is -0.480 e. The van der Waals surface area contributed by atoms with Crippen molar-refractivity contribution in [2.75, 3.05) is 23.8 Å². The van der Waals surface area contributed by atoms with E-state index in [2.05, 4.69) is 30.2 Å². The molecule has 1 aliphatic heterocycles. The van der Waals surface area contributed by atoms with E-state index >= 15 is 0 Å². The lowest BCUT2D eigenvalue weighted by molar-refractivity contribution is -0.151. The number of hydrogen-bond acceptors (Lipinski definition) is 15. The van der Waals surface area contributed by atoms with Crippen LogP contribution in [0.15, 0.2) is 47.5 Å². The van der Waals surface area contributed by atoms with E-state index in [1.807, 2.05) is 6.92 Å². The normalized spacial score (nSPS) is 19.5. The van der Waals surface area contributed by atoms with Gasteiger partial charge in [-0.2, -0.15) is 23.7 Å². The molecule has 4 heterocycles. The molecule has 1 aromatic carbocycles. The molecule has 18 nitrogen and oxygen atoms in total. The standard InChI is InChI=1S/C30H32F2N10O8/c1-13(10-16-11-36-24-21(37-16)23(34)40-28(35)41-24)14-2-4-15(5-3-14)25(45)38-17(26(46)47)6-7-20(43)49-12-18-22(44)30(31,32)27(50-18)42-9-8-19(33)39-29(42)48/h2-5,8-9,11,13,17-18,22,27,44H,6-7,10,12H2,1H3,(H,38,45)(H,46,47)(H2,33,39,48)(H4,34,35,36,40,41)/t13?,17?,18-,22?,27-/m1/s1. The second-order valence-electron chi connectivity index (χ2n) is 11.5. The Morgan fingerprint density at radius 2 is 1.82 bits per heavy atom. The third kappa shape index (κ3) is 7.70. The quantitative estimate of drug-likeness (QED) is 0.107. The molecule has 1 aliphatic rings. The van der Waals surface area contributed by atoms with Gasteiger partial charge < -0.3 is 42.2 Å². The van der Waals surface area contributed by atoms with E-state index < -0.39 is 73.4 Å². The maximum Gasteiger partial charge on any atom is 0.351 e. The third-order valence-electron chi connectivity index (χ3n) is 7.89. The predicted molar refractivity (Wildman–Crippen MR) is 169 cm³/mol. The number of carbonyl (C=O) groups excluding carboxylic acids is 2. The first-order chi connectivity index (χ1) is 23.6. The van der Waals surface area contributed by atoms with E-state index in [1.165, 1.54) is 12.1 Å². The van der Waals surface area contributed by atoms with Gasteiger partial charge in [0.2, 0.25) is 12.2 Å². The third-order valence-corrected chi connectivity index (χ3v) is 7.89. The molecule has 20 heteroatoms. The number of fused-ring (bicyclic) bond motifs is 1. The van der Waals surface area contributed by atoms with Gasteiger partial charge in [-0.25, -0.2) is 19.6 Å². The molecule has 264 valence electrons. The zero-order valence-corrected chi connectivity index (χ0v) is 26.3. The smallest absolute Gasteiger partial charge is 0.351 e. The van der Waals surface area contributed by atoms with Crippen LogP contribution >= 0.6 is 0 Å². The number of benzene rings is 1. The number of amides is 1. The van der Waals surface area contributed by atoms with Crippen molar-refractivity contribution in [1.82, 2.24) is 34.8 Å². The van der Waals surface area contributed by atoms with Crippen LogP contribution in [-0.2, 0) is 25.5 Å². The topological polar surface area (TPSA) is 287 Å². The van der Waals surface area contributed by atoms with E-state index in [-0.39, 0.29) is 34.7 Å². The van der Waals surface area contributed by atoms with Crippen LogP contribution in [0.3, 0.4) is 0 Å². The molecule has 5 atom stereocenters. The molecule has 0 saturated carbocycles. The van der Waals surface area contributed by atoms with E-state index in [0.29, 0.717) is 22.2 Å². The van der Waals surface area contributed by atoms with Crippen molar-refractivity contribution in [1.29, 1.82) is 0 Å². The van der Waals surface area contributed by atoms with Crippen LogP contribution in [0.2, 0.25) is 0 Å². The first-order valence-corrected chi connectivity index (χ1v) is 15.0. The van der Waals surface area contributed by atoms with Crippen molar-refractivity contribution in [2.24, 2.45) is 0 Å². The van der Waals surface area contributed by atoms with Crippen molar-refractivity contribution in [3.8, 4) is 0 Å². The summed E-state index contributed by atoms with van der Waals surface area (Å²) < 4.78 is 39.9. The number of aromatic nitrogens is 6. The number of esters is 1. The monoisotopic (exact) mass is 698 g/mol. The number of aliphatic carboxylic acids is 1. The van der Waals surface area contributed by atoms with Crippen molar-refractivity contribution >= 4 is 46.6 Å². The summed E-state index contributed by atoms with van der Waals surface area (Å²) in [6.07, 6.45) is -4.41. The van der Waals surface area contributed by atoms with Crippen LogP contribution in [-0.4, -0.2) is 88.3 Å². The molecule has 5 rings (SSSR count). The van der Waals surface area contributed by atoms with E-state index in [0.717, 1.165) is 17.8 Å². The minimum absolute atomic E-state index is 0.0140. The lowest BCUT2D eigenvalue weighted by Crippen LogP contribution is -2.42. The van der Waals surface area contributed by atoms with Crippen LogP contribution < -0.4 is 28.2 Å². The fourth-order valence-electron chi connectivity index (χ4n) is 5.19. The fourth-order valence-corrected chi connectivity index (χ4v) is 5.19. The summed E-state index contributed by atoms with van der Waals surface area (Å²) >= 11 is 0. The first kappa shape index (κ1) is 35.4. The summed E-state index contributed by atoms with van der Waals surface area (Å²) in [5.74, 6) is -7.30. The van der Waals surface area contributed by atoms with Gasteiger partial charge in [-0.15, -0.1) is 0 Å². The Morgan fingerprint density at radius 3 is 2.50 bits per heavy atom. The van der Waals surface area contributed by atoms with Crippen molar-refractivity contribution in [3.63, 3.8) is 0 Å². The number of aliphatic hydroxyl groups is 1. The number of hydrogen-bond donors (Lipinski definition) is 6. The van der Waals surface area contributed by atoms with Crippen LogP contribution in [0.5, 0.6) is 0 Å². The molecular formula is C30H32F2N10O8.